The van der Waals surface area contributed by atoms with Crippen LogP contribution >= 0.6 is 0 Å². The van der Waals surface area contributed by atoms with Crippen molar-refractivity contribution >= 4 is 5.82 Å². The van der Waals surface area contributed by atoms with E-state index in [2.05, 4.69) is 22.0 Å². The van der Waals surface area contributed by atoms with E-state index < -0.39 is 0 Å². The van der Waals surface area contributed by atoms with Gasteiger partial charge in [-0.1, -0.05) is 6.92 Å². The second-order valence-corrected chi connectivity index (χ2v) is 3.92. The van der Waals surface area contributed by atoms with Crippen molar-refractivity contribution in [3.05, 3.63) is 17.8 Å². The highest BCUT2D eigenvalue weighted by atomic mass is 16.5. The van der Waals surface area contributed by atoms with Crippen LogP contribution < -0.4 is 10.6 Å². The Labute approximate surface area is 95.6 Å². The molecule has 0 bridgehead atoms. The molecular formula is C11H18N4O. The van der Waals surface area contributed by atoms with Crippen LogP contribution in [0.3, 0.4) is 0 Å². The molecule has 1 atom stereocenters. The molecule has 1 aromatic rings. The fraction of sp³-hybridized carbons (Fsp3) is 0.636. The lowest BCUT2D eigenvalue weighted by molar-refractivity contribution is 0.0924. The van der Waals surface area contributed by atoms with Crippen molar-refractivity contribution in [2.75, 3.05) is 24.7 Å². The summed E-state index contributed by atoms with van der Waals surface area (Å²) >= 11 is 0. The van der Waals surface area contributed by atoms with Gasteiger partial charge in [-0.15, -0.1) is 5.10 Å². The van der Waals surface area contributed by atoms with Crippen LogP contribution in [-0.2, 0) is 11.3 Å². The molecule has 0 aliphatic carbocycles. The molecule has 0 radical (unpaired) electrons. The third-order valence-corrected chi connectivity index (χ3v) is 2.91. The summed E-state index contributed by atoms with van der Waals surface area (Å²) in [6.45, 7) is 5.02. The van der Waals surface area contributed by atoms with E-state index in [-0.39, 0.29) is 0 Å². The molecule has 0 saturated carbocycles. The topological polar surface area (TPSA) is 64.3 Å². The first kappa shape index (κ1) is 11.3. The molecule has 2 rings (SSSR count). The van der Waals surface area contributed by atoms with Gasteiger partial charge in [-0.05, 0) is 18.6 Å². The number of aromatic nitrogens is 2. The second kappa shape index (κ2) is 5.23. The fourth-order valence-electron chi connectivity index (χ4n) is 1.91. The summed E-state index contributed by atoms with van der Waals surface area (Å²) in [5, 5.41) is 8.30. The van der Waals surface area contributed by atoms with Gasteiger partial charge in [0.1, 0.15) is 0 Å². The first-order valence-electron chi connectivity index (χ1n) is 5.72. The van der Waals surface area contributed by atoms with Crippen LogP contribution in [0, 0.1) is 0 Å². The van der Waals surface area contributed by atoms with Crippen molar-refractivity contribution in [1.29, 1.82) is 0 Å². The van der Waals surface area contributed by atoms with Gasteiger partial charge in [-0.2, -0.15) is 5.10 Å². The maximum Gasteiger partial charge on any atom is 0.151 e. The molecule has 0 spiro atoms. The van der Waals surface area contributed by atoms with Crippen LogP contribution in [0.25, 0.3) is 0 Å². The molecule has 2 N–H and O–H groups in total. The Bertz CT molecular complexity index is 327. The largest absolute Gasteiger partial charge is 0.377 e. The molecular weight excluding hydrogens is 204 g/mol. The maximum atomic E-state index is 5.50. The highest BCUT2D eigenvalue weighted by Crippen LogP contribution is 2.18. The van der Waals surface area contributed by atoms with Gasteiger partial charge in [-0.25, -0.2) is 0 Å². The molecule has 1 aromatic heterocycles. The van der Waals surface area contributed by atoms with Gasteiger partial charge < -0.3 is 15.4 Å². The minimum Gasteiger partial charge on any atom is -0.377 e. The van der Waals surface area contributed by atoms with Gasteiger partial charge in [-0.3, -0.25) is 0 Å². The predicted octanol–water partition coefficient (Wildman–Crippen LogP) is 0.551. The Morgan fingerprint density at radius 1 is 1.50 bits per heavy atom. The molecule has 5 heteroatoms. The van der Waals surface area contributed by atoms with Gasteiger partial charge >= 0.3 is 0 Å². The van der Waals surface area contributed by atoms with Crippen LogP contribution in [0.15, 0.2) is 12.1 Å². The Hall–Kier alpha value is -1.20. The van der Waals surface area contributed by atoms with Crippen LogP contribution in [0.1, 0.15) is 19.0 Å². The third kappa shape index (κ3) is 2.31. The van der Waals surface area contributed by atoms with Crippen molar-refractivity contribution < 1.29 is 4.74 Å². The molecule has 0 amide bonds. The van der Waals surface area contributed by atoms with Crippen molar-refractivity contribution in [3.8, 4) is 0 Å². The first-order valence-corrected chi connectivity index (χ1v) is 5.72. The molecule has 2 heterocycles. The lowest BCUT2D eigenvalue weighted by atomic mass is 10.2. The van der Waals surface area contributed by atoms with Crippen molar-refractivity contribution in [2.45, 2.75) is 25.9 Å². The van der Waals surface area contributed by atoms with Crippen LogP contribution in [0.5, 0.6) is 0 Å². The SMILES string of the molecule is CCC1COCCN1c1ccc(CN)nn1. The van der Waals surface area contributed by atoms with E-state index in [1.165, 1.54) is 0 Å². The third-order valence-electron chi connectivity index (χ3n) is 2.91. The predicted molar refractivity (Wildman–Crippen MR) is 62.2 cm³/mol. The van der Waals surface area contributed by atoms with Gasteiger partial charge in [0.25, 0.3) is 0 Å². The van der Waals surface area contributed by atoms with Crippen LogP contribution in [-0.4, -0.2) is 36.0 Å². The number of hydrogen-bond donors (Lipinski definition) is 1. The molecule has 1 fully saturated rings. The fourth-order valence-corrected chi connectivity index (χ4v) is 1.91. The quantitative estimate of drug-likeness (QED) is 0.809. The zero-order valence-electron chi connectivity index (χ0n) is 9.59. The number of morpholine rings is 1. The minimum absolute atomic E-state index is 0.409. The first-order chi connectivity index (χ1) is 7.85. The molecule has 88 valence electrons. The van der Waals surface area contributed by atoms with E-state index in [4.69, 9.17) is 10.5 Å². The minimum atomic E-state index is 0.409. The summed E-state index contributed by atoms with van der Waals surface area (Å²) in [7, 11) is 0. The average molecular weight is 222 g/mol. The number of nitrogens with zero attached hydrogens (tertiary/aromatic N) is 3. The summed E-state index contributed by atoms with van der Waals surface area (Å²) in [6, 6.07) is 4.33. The van der Waals surface area contributed by atoms with E-state index >= 15 is 0 Å². The number of anilines is 1. The Morgan fingerprint density at radius 2 is 2.38 bits per heavy atom. The zero-order valence-corrected chi connectivity index (χ0v) is 9.59. The van der Waals surface area contributed by atoms with E-state index in [9.17, 15) is 0 Å². The van der Waals surface area contributed by atoms with E-state index in [1.807, 2.05) is 12.1 Å². The number of ether oxygens (including phenoxy) is 1. The molecule has 1 aliphatic heterocycles. The Kier molecular flexibility index (Phi) is 3.69. The number of hydrogen-bond acceptors (Lipinski definition) is 5. The Morgan fingerprint density at radius 3 is 3.00 bits per heavy atom. The van der Waals surface area contributed by atoms with Gasteiger partial charge in [0.2, 0.25) is 0 Å². The summed E-state index contributed by atoms with van der Waals surface area (Å²) in [6.07, 6.45) is 1.06. The van der Waals surface area contributed by atoms with Crippen LogP contribution in [0.2, 0.25) is 0 Å². The summed E-state index contributed by atoms with van der Waals surface area (Å²) in [5.74, 6) is 0.923. The average Bonchev–Trinajstić information content (AvgIpc) is 2.39. The van der Waals surface area contributed by atoms with Crippen molar-refractivity contribution in [3.63, 3.8) is 0 Å². The van der Waals surface area contributed by atoms with E-state index in [1.54, 1.807) is 0 Å². The van der Waals surface area contributed by atoms with Crippen molar-refractivity contribution in [2.24, 2.45) is 5.73 Å². The normalized spacial score (nSPS) is 21.1. The molecule has 1 unspecified atom stereocenters. The summed E-state index contributed by atoms with van der Waals surface area (Å²) < 4.78 is 5.46. The van der Waals surface area contributed by atoms with Crippen molar-refractivity contribution in [1.82, 2.24) is 10.2 Å². The van der Waals surface area contributed by atoms with Gasteiger partial charge in [0.05, 0.1) is 24.9 Å². The summed E-state index contributed by atoms with van der Waals surface area (Å²) in [4.78, 5) is 2.26. The lowest BCUT2D eigenvalue weighted by Crippen LogP contribution is -2.45. The van der Waals surface area contributed by atoms with Gasteiger partial charge in [0, 0.05) is 13.1 Å². The molecule has 1 saturated heterocycles. The second-order valence-electron chi connectivity index (χ2n) is 3.92. The number of rotatable bonds is 3. The van der Waals surface area contributed by atoms with E-state index in [0.29, 0.717) is 12.6 Å². The van der Waals surface area contributed by atoms with Gasteiger partial charge in [0.15, 0.2) is 5.82 Å². The highest BCUT2D eigenvalue weighted by Gasteiger charge is 2.22. The smallest absolute Gasteiger partial charge is 0.151 e. The van der Waals surface area contributed by atoms with Crippen LogP contribution in [0.4, 0.5) is 5.82 Å². The maximum absolute atomic E-state index is 5.50. The van der Waals surface area contributed by atoms with E-state index in [0.717, 1.165) is 37.7 Å². The molecule has 0 aromatic carbocycles. The lowest BCUT2D eigenvalue weighted by Gasteiger charge is -2.35. The number of nitrogens with two attached hydrogens (primary N) is 1. The molecule has 16 heavy (non-hydrogen) atoms. The zero-order chi connectivity index (χ0) is 11.4. The summed E-state index contributed by atoms with van der Waals surface area (Å²) in [5.41, 5.74) is 6.32. The standard InChI is InChI=1S/C11H18N4O/c1-2-10-8-16-6-5-15(10)11-4-3-9(7-12)13-14-11/h3-4,10H,2,5-8,12H2,1H3. The Balaban J connectivity index is 2.14. The monoisotopic (exact) mass is 222 g/mol. The molecule has 1 aliphatic rings. The highest BCUT2D eigenvalue weighted by molar-refractivity contribution is 5.39. The molecule has 5 nitrogen and oxygen atoms in total.